The predicted molar refractivity (Wildman–Crippen MR) is 69.5 cm³/mol. The van der Waals surface area contributed by atoms with Crippen LogP contribution in [-0.2, 0) is 20.2 Å². The van der Waals surface area contributed by atoms with E-state index >= 15 is 0 Å². The van der Waals surface area contributed by atoms with Crippen LogP contribution in [0, 0.1) is 0 Å². The molecule has 0 aliphatic rings. The topological polar surface area (TPSA) is 71.5 Å². The Morgan fingerprint density at radius 1 is 1.16 bits per heavy atom. The zero-order chi connectivity index (χ0) is 14.7. The summed E-state index contributed by atoms with van der Waals surface area (Å²) in [5.41, 5.74) is 0. The SMILES string of the molecule is CCCCN(C)S(=O)(=O)c1cccc(S(=O)(=O)F)c1. The molecule has 0 heterocycles. The first-order chi connectivity index (χ1) is 8.69. The monoisotopic (exact) mass is 309 g/mol. The van der Waals surface area contributed by atoms with Gasteiger partial charge in [0.15, 0.2) is 0 Å². The van der Waals surface area contributed by atoms with E-state index < -0.39 is 25.1 Å². The molecule has 0 aliphatic heterocycles. The lowest BCUT2D eigenvalue weighted by atomic mass is 10.3. The molecule has 1 aromatic rings. The van der Waals surface area contributed by atoms with Gasteiger partial charge in [-0.1, -0.05) is 19.4 Å². The summed E-state index contributed by atoms with van der Waals surface area (Å²) in [5, 5.41) is 0. The van der Waals surface area contributed by atoms with Gasteiger partial charge in [-0.05, 0) is 24.6 Å². The summed E-state index contributed by atoms with van der Waals surface area (Å²) in [6.07, 6.45) is 1.52. The number of sulfonamides is 1. The van der Waals surface area contributed by atoms with Gasteiger partial charge in [-0.3, -0.25) is 0 Å². The standard InChI is InChI=1S/C11H16FNO4S2/c1-3-4-8-13(2)19(16,17)11-7-5-6-10(9-11)18(12,14)15/h5-7,9H,3-4,8H2,1-2H3. The summed E-state index contributed by atoms with van der Waals surface area (Å²) >= 11 is 0. The Morgan fingerprint density at radius 2 is 1.74 bits per heavy atom. The van der Waals surface area contributed by atoms with Crippen LogP contribution in [0.15, 0.2) is 34.1 Å². The molecule has 0 spiro atoms. The summed E-state index contributed by atoms with van der Waals surface area (Å²) in [6, 6.07) is 4.28. The van der Waals surface area contributed by atoms with Crippen molar-refractivity contribution in [3.63, 3.8) is 0 Å². The van der Waals surface area contributed by atoms with Gasteiger partial charge in [0.25, 0.3) is 0 Å². The van der Waals surface area contributed by atoms with Crippen molar-refractivity contribution in [2.75, 3.05) is 13.6 Å². The fraction of sp³-hybridized carbons (Fsp3) is 0.455. The van der Waals surface area contributed by atoms with Crippen molar-refractivity contribution in [3.05, 3.63) is 24.3 Å². The van der Waals surface area contributed by atoms with Gasteiger partial charge in [0.1, 0.15) is 0 Å². The molecule has 0 unspecified atom stereocenters. The van der Waals surface area contributed by atoms with E-state index in [1.54, 1.807) is 0 Å². The van der Waals surface area contributed by atoms with Crippen molar-refractivity contribution >= 4 is 20.2 Å². The second-order valence-electron chi connectivity index (χ2n) is 4.09. The summed E-state index contributed by atoms with van der Waals surface area (Å²) in [6.45, 7) is 2.25. The molecule has 0 aromatic heterocycles. The van der Waals surface area contributed by atoms with Gasteiger partial charge in [0.05, 0.1) is 9.79 Å². The average molecular weight is 309 g/mol. The normalized spacial score (nSPS) is 12.8. The number of nitrogens with zero attached hydrogens (tertiary/aromatic N) is 1. The Labute approximate surface area is 113 Å². The zero-order valence-electron chi connectivity index (χ0n) is 10.7. The van der Waals surface area contributed by atoms with E-state index in [0.29, 0.717) is 13.0 Å². The summed E-state index contributed by atoms with van der Waals surface area (Å²) in [4.78, 5) is -0.887. The van der Waals surface area contributed by atoms with Crippen LogP contribution < -0.4 is 0 Å². The molecule has 0 radical (unpaired) electrons. The summed E-state index contributed by atoms with van der Waals surface area (Å²) in [5.74, 6) is 0. The smallest absolute Gasteiger partial charge is 0.207 e. The molecule has 1 aromatic carbocycles. The molecule has 8 heteroatoms. The zero-order valence-corrected chi connectivity index (χ0v) is 12.3. The fourth-order valence-corrected chi connectivity index (χ4v) is 3.31. The number of benzene rings is 1. The summed E-state index contributed by atoms with van der Waals surface area (Å²) < 4.78 is 59.8. The van der Waals surface area contributed by atoms with Crippen molar-refractivity contribution in [1.82, 2.24) is 4.31 Å². The molecule has 0 saturated heterocycles. The number of hydrogen-bond acceptors (Lipinski definition) is 4. The second kappa shape index (κ2) is 5.98. The molecular weight excluding hydrogens is 293 g/mol. The third-order valence-electron chi connectivity index (χ3n) is 2.62. The third-order valence-corrected chi connectivity index (χ3v) is 5.29. The highest BCUT2D eigenvalue weighted by Crippen LogP contribution is 2.20. The van der Waals surface area contributed by atoms with Crippen molar-refractivity contribution in [2.24, 2.45) is 0 Å². The van der Waals surface area contributed by atoms with Crippen molar-refractivity contribution < 1.29 is 20.7 Å². The first kappa shape index (κ1) is 16.1. The molecule has 0 N–H and O–H groups in total. The van der Waals surface area contributed by atoms with E-state index in [1.807, 2.05) is 6.92 Å². The Bertz CT molecular complexity index is 640. The largest absolute Gasteiger partial charge is 0.332 e. The van der Waals surface area contributed by atoms with Gasteiger partial charge in [-0.15, -0.1) is 3.89 Å². The molecule has 0 bridgehead atoms. The third kappa shape index (κ3) is 3.99. The Morgan fingerprint density at radius 3 is 2.26 bits per heavy atom. The number of unbranched alkanes of at least 4 members (excludes halogenated alkanes) is 1. The van der Waals surface area contributed by atoms with Crippen LogP contribution in [0.25, 0.3) is 0 Å². The number of rotatable bonds is 6. The molecular formula is C11H16FNO4S2. The minimum Gasteiger partial charge on any atom is -0.207 e. The first-order valence-corrected chi connectivity index (χ1v) is 8.53. The van der Waals surface area contributed by atoms with Gasteiger partial charge < -0.3 is 0 Å². The minimum atomic E-state index is -4.91. The lowest BCUT2D eigenvalue weighted by Crippen LogP contribution is -2.28. The van der Waals surface area contributed by atoms with E-state index in [0.717, 1.165) is 22.9 Å². The first-order valence-electron chi connectivity index (χ1n) is 5.70. The van der Waals surface area contributed by atoms with Gasteiger partial charge in [-0.25, -0.2) is 12.7 Å². The van der Waals surface area contributed by atoms with E-state index in [1.165, 1.54) is 19.2 Å². The number of hydrogen-bond donors (Lipinski definition) is 0. The predicted octanol–water partition coefficient (Wildman–Crippen LogP) is 1.77. The van der Waals surface area contributed by atoms with Crippen molar-refractivity contribution in [3.8, 4) is 0 Å². The van der Waals surface area contributed by atoms with Crippen LogP contribution in [0.2, 0.25) is 0 Å². The fourth-order valence-electron chi connectivity index (χ4n) is 1.47. The number of halogens is 1. The van der Waals surface area contributed by atoms with Crippen LogP contribution >= 0.6 is 0 Å². The van der Waals surface area contributed by atoms with Crippen molar-refractivity contribution in [1.29, 1.82) is 0 Å². The Kier molecular flexibility index (Phi) is 5.05. The second-order valence-corrected chi connectivity index (χ2v) is 7.48. The van der Waals surface area contributed by atoms with Gasteiger partial charge in [-0.2, -0.15) is 8.42 Å². The average Bonchev–Trinajstić information content (AvgIpc) is 2.35. The van der Waals surface area contributed by atoms with E-state index in [-0.39, 0.29) is 4.90 Å². The van der Waals surface area contributed by atoms with E-state index in [9.17, 15) is 20.7 Å². The maximum atomic E-state index is 12.9. The van der Waals surface area contributed by atoms with Gasteiger partial charge in [0, 0.05) is 13.6 Å². The lowest BCUT2D eigenvalue weighted by molar-refractivity contribution is 0.459. The molecule has 0 fully saturated rings. The Balaban J connectivity index is 3.16. The molecule has 108 valence electrons. The molecule has 0 aliphatic carbocycles. The maximum Gasteiger partial charge on any atom is 0.332 e. The molecule has 0 amide bonds. The van der Waals surface area contributed by atoms with E-state index in [2.05, 4.69) is 0 Å². The maximum absolute atomic E-state index is 12.9. The molecule has 0 atom stereocenters. The quantitative estimate of drug-likeness (QED) is 0.751. The van der Waals surface area contributed by atoms with Gasteiger partial charge in [0.2, 0.25) is 10.0 Å². The van der Waals surface area contributed by atoms with Gasteiger partial charge >= 0.3 is 10.2 Å². The Hall–Kier alpha value is -0.990. The van der Waals surface area contributed by atoms with Crippen LogP contribution in [0.4, 0.5) is 3.89 Å². The van der Waals surface area contributed by atoms with Crippen LogP contribution in [0.3, 0.4) is 0 Å². The molecule has 0 saturated carbocycles. The van der Waals surface area contributed by atoms with Crippen LogP contribution in [-0.4, -0.2) is 34.7 Å². The highest BCUT2D eigenvalue weighted by Gasteiger charge is 2.22. The highest BCUT2D eigenvalue weighted by atomic mass is 32.3. The van der Waals surface area contributed by atoms with Crippen LogP contribution in [0.5, 0.6) is 0 Å². The molecule has 5 nitrogen and oxygen atoms in total. The van der Waals surface area contributed by atoms with Crippen molar-refractivity contribution in [2.45, 2.75) is 29.6 Å². The van der Waals surface area contributed by atoms with E-state index in [4.69, 9.17) is 0 Å². The summed E-state index contributed by atoms with van der Waals surface area (Å²) in [7, 11) is -7.30. The molecule has 19 heavy (non-hydrogen) atoms. The molecule has 1 rings (SSSR count). The van der Waals surface area contributed by atoms with Crippen LogP contribution in [0.1, 0.15) is 19.8 Å². The minimum absolute atomic E-state index is 0.232. The highest BCUT2D eigenvalue weighted by molar-refractivity contribution is 7.89. The lowest BCUT2D eigenvalue weighted by Gasteiger charge is -2.16.